The van der Waals surface area contributed by atoms with Crippen LogP contribution in [0.3, 0.4) is 0 Å². The van der Waals surface area contributed by atoms with E-state index in [2.05, 4.69) is 0 Å². The largest absolute Gasteiger partial charge is 2.00 e. The Morgan fingerprint density at radius 2 is 0.538 bits per heavy atom. The topological polar surface area (TPSA) is 179 Å². The predicted molar refractivity (Wildman–Crippen MR) is 21.1 cm³/mol. The minimum Gasteiger partial charge on any atom is 2.00 e. The smallest absolute Gasteiger partial charge is 2.00 e. The molecule has 13 heavy (non-hydrogen) atoms. The summed E-state index contributed by atoms with van der Waals surface area (Å²) in [6.45, 7) is 0. The van der Waals surface area contributed by atoms with Crippen molar-refractivity contribution in [3.63, 3.8) is 0 Å². The number of hydrogen-bond acceptors (Lipinski definition) is 8. The second-order valence-corrected chi connectivity index (χ2v) is 3.14. The Labute approximate surface area is 113 Å². The van der Waals surface area contributed by atoms with Gasteiger partial charge in [0.1, 0.15) is 0 Å². The molecule has 8 nitrogen and oxygen atoms in total. The van der Waals surface area contributed by atoms with E-state index in [1.165, 1.54) is 0 Å². The summed E-state index contributed by atoms with van der Waals surface area (Å²) in [5, 5.41) is 0. The average Bonchev–Trinajstić information content (AvgIpc) is 1.12. The van der Waals surface area contributed by atoms with Crippen molar-refractivity contribution in [3.8, 4) is 0 Å². The Balaban J connectivity index is -0.0000000267. The summed E-state index contributed by atoms with van der Waals surface area (Å²) in [5.41, 5.74) is 0. The van der Waals surface area contributed by atoms with Gasteiger partial charge in [-0.3, -0.25) is 0 Å². The molecule has 0 aliphatic heterocycles. The van der Waals surface area contributed by atoms with E-state index >= 15 is 0 Å². The first-order chi connectivity index (χ1) is 4.00. The first kappa shape index (κ1) is 29.5. The van der Waals surface area contributed by atoms with Crippen LogP contribution in [0.15, 0.2) is 0 Å². The van der Waals surface area contributed by atoms with Crippen molar-refractivity contribution in [2.75, 3.05) is 0 Å². The van der Waals surface area contributed by atoms with E-state index in [0.717, 1.165) is 0 Å². The summed E-state index contributed by atoms with van der Waals surface area (Å²) in [4.78, 5) is 66.1. The van der Waals surface area contributed by atoms with Gasteiger partial charge in [-0.05, 0) is 0 Å². The molecule has 2 N–H and O–H groups in total. The molecule has 0 amide bonds. The molecule has 0 atom stereocenters. The van der Waals surface area contributed by atoms with E-state index in [4.69, 9.17) is 39.1 Å². The maximum Gasteiger partial charge on any atom is 2.00 e. The zero-order chi connectivity index (χ0) is 9.00. The van der Waals surface area contributed by atoms with Crippen molar-refractivity contribution in [1.82, 2.24) is 0 Å². The van der Waals surface area contributed by atoms with Crippen LogP contribution in [-0.2, 0) is 58.4 Å². The fraction of sp³-hybridized carbons (Fsp3) is 0. The standard InChI is InChI=1S/2H2O4P.3Zn/c2*1-5(2,3)4;;;/h2*1,5H;;;/q2*-3;3*+2. The Hall–Kier alpha value is 2.41. The van der Waals surface area contributed by atoms with Crippen LogP contribution in [0, 0.1) is 0 Å². The summed E-state index contributed by atoms with van der Waals surface area (Å²) in [6, 6.07) is 0. The molecular weight excluding hydrogens is 386 g/mol. The molecule has 13 heteroatoms. The molecule has 0 saturated heterocycles. The minimum atomic E-state index is -5.36. The zero-order valence-corrected chi connectivity index (χ0v) is 17.4. The van der Waals surface area contributed by atoms with Crippen molar-refractivity contribution in [2.45, 2.75) is 0 Å². The molecule has 0 unspecified atom stereocenters. The van der Waals surface area contributed by atoms with Crippen LogP contribution in [0.25, 0.3) is 0 Å². The second-order valence-electron chi connectivity index (χ2n) is 1.05. The third kappa shape index (κ3) is 382. The van der Waals surface area contributed by atoms with Gasteiger partial charge < -0.3 is 0 Å². The third-order valence-electron chi connectivity index (χ3n) is 0. The molecule has 0 radical (unpaired) electrons. The minimum absolute atomic E-state index is 0. The molecule has 0 saturated carbocycles. The van der Waals surface area contributed by atoms with E-state index in [1.54, 1.807) is 0 Å². The Bertz CT molecular complexity index is 60.4. The van der Waals surface area contributed by atoms with Gasteiger partial charge in [-0.15, -0.1) is 0 Å². The molecule has 0 aromatic carbocycles. The van der Waals surface area contributed by atoms with Crippen LogP contribution < -0.4 is 29.4 Å². The Morgan fingerprint density at radius 1 is 0.538 bits per heavy atom. The van der Waals surface area contributed by atoms with Gasteiger partial charge in [-0.1, -0.05) is 0 Å². The summed E-state index contributed by atoms with van der Waals surface area (Å²) in [7, 11) is -10.7. The van der Waals surface area contributed by atoms with E-state index in [1.807, 2.05) is 0 Å². The molecule has 0 heterocycles. The van der Waals surface area contributed by atoms with Crippen LogP contribution in [0.4, 0.5) is 0 Å². The molecule has 0 rings (SSSR count). The van der Waals surface area contributed by atoms with E-state index in [9.17, 15) is 0 Å². The van der Waals surface area contributed by atoms with E-state index in [-0.39, 0.29) is 58.4 Å². The Morgan fingerprint density at radius 3 is 0.538 bits per heavy atom. The fourth-order valence-corrected chi connectivity index (χ4v) is 0. The molecule has 0 aromatic rings. The van der Waals surface area contributed by atoms with Gasteiger partial charge in [-0.25, -0.2) is 0 Å². The third-order valence-corrected chi connectivity index (χ3v) is 0. The van der Waals surface area contributed by atoms with Crippen LogP contribution in [0.2, 0.25) is 0 Å². The van der Waals surface area contributed by atoms with Crippen LogP contribution in [-0.4, -0.2) is 9.79 Å². The van der Waals surface area contributed by atoms with Gasteiger partial charge >= 0.3 is 114 Å². The van der Waals surface area contributed by atoms with Crippen molar-refractivity contribution >= 4 is 16.3 Å². The van der Waals surface area contributed by atoms with Gasteiger partial charge in [0, 0.05) is 0 Å². The fourth-order valence-electron chi connectivity index (χ4n) is 0. The first-order valence-electron chi connectivity index (χ1n) is 1.67. The molecule has 0 spiro atoms. The molecule has 0 fully saturated rings. The summed E-state index contributed by atoms with van der Waals surface area (Å²) in [5.74, 6) is 0. The first-order valence-corrected chi connectivity index (χ1v) is 5.02. The predicted octanol–water partition coefficient (Wildman–Crippen LogP) is -7.07. The molecular formula is H4O8P2Zn3. The molecule has 0 aliphatic rings. The average molecular weight is 390 g/mol. The van der Waals surface area contributed by atoms with Crippen LogP contribution in [0.1, 0.15) is 0 Å². The molecule has 0 bridgehead atoms. The van der Waals surface area contributed by atoms with Crippen LogP contribution in [0.5, 0.6) is 0 Å². The molecule has 68 valence electrons. The van der Waals surface area contributed by atoms with Crippen molar-refractivity contribution in [3.05, 3.63) is 0 Å². The number of rotatable bonds is 0. The van der Waals surface area contributed by atoms with Gasteiger partial charge in [-0.2, -0.15) is 0 Å². The van der Waals surface area contributed by atoms with Crippen molar-refractivity contribution < 1.29 is 97.6 Å². The van der Waals surface area contributed by atoms with E-state index < -0.39 is 16.3 Å². The SMILES string of the molecule is [O-][PH]([O-])([O-])O.[O-][PH]([O-])([O-])O.[Zn+2].[Zn+2].[Zn+2]. The second kappa shape index (κ2) is 12.5. The van der Waals surface area contributed by atoms with E-state index in [0.29, 0.717) is 0 Å². The monoisotopic (exact) mass is 386 g/mol. The van der Waals surface area contributed by atoms with Crippen molar-refractivity contribution in [1.29, 1.82) is 0 Å². The van der Waals surface area contributed by atoms with Gasteiger partial charge in [0.15, 0.2) is 0 Å². The van der Waals surface area contributed by atoms with Gasteiger partial charge in [0.2, 0.25) is 0 Å². The molecule has 0 aliphatic carbocycles. The summed E-state index contributed by atoms with van der Waals surface area (Å²) < 4.78 is 0. The molecule has 0 aromatic heterocycles. The van der Waals surface area contributed by atoms with Crippen molar-refractivity contribution in [2.24, 2.45) is 0 Å². The van der Waals surface area contributed by atoms with Gasteiger partial charge in [0.05, 0.1) is 0 Å². The number of hydrogen-bond donors (Lipinski definition) is 2. The quantitative estimate of drug-likeness (QED) is 0.302. The maximum absolute atomic E-state index is 8.69. The van der Waals surface area contributed by atoms with Gasteiger partial charge in [0.25, 0.3) is 0 Å². The normalized spacial score (nSPS) is 11.7. The Kier molecular flexibility index (Phi) is 28.3. The summed E-state index contributed by atoms with van der Waals surface area (Å²) in [6.07, 6.45) is 0. The zero-order valence-electron chi connectivity index (χ0n) is 6.47. The summed E-state index contributed by atoms with van der Waals surface area (Å²) >= 11 is 0. The van der Waals surface area contributed by atoms with Crippen LogP contribution >= 0.6 is 16.3 Å². The maximum atomic E-state index is 8.69.